The third-order valence-corrected chi connectivity index (χ3v) is 7.66. The zero-order valence-electron chi connectivity index (χ0n) is 23.5. The largest absolute Gasteiger partial charge is 0.492 e. The molecule has 1 fully saturated rings. The Hall–Kier alpha value is -3.17. The summed E-state index contributed by atoms with van der Waals surface area (Å²) in [7, 11) is 4.01. The zero-order chi connectivity index (χ0) is 28.9. The number of nitrogens with one attached hydrogen (secondary N) is 1. The number of carbonyl (C=O) groups excluding carboxylic acids is 1. The van der Waals surface area contributed by atoms with E-state index in [1.54, 1.807) is 12.1 Å². The third kappa shape index (κ3) is 7.77. The lowest BCUT2D eigenvalue weighted by Crippen LogP contribution is -2.57. The van der Waals surface area contributed by atoms with Crippen molar-refractivity contribution in [2.45, 2.75) is 50.7 Å². The van der Waals surface area contributed by atoms with E-state index < -0.39 is 23.5 Å². The van der Waals surface area contributed by atoms with Gasteiger partial charge in [-0.05, 0) is 88.5 Å². The van der Waals surface area contributed by atoms with E-state index in [1.165, 1.54) is 0 Å². The Kier molecular flexibility index (Phi) is 11.2. The van der Waals surface area contributed by atoms with Gasteiger partial charge in [0, 0.05) is 17.7 Å². The molecule has 0 radical (unpaired) electrons. The molecule has 1 amide bonds. The third-order valence-electron chi connectivity index (χ3n) is 7.35. The fourth-order valence-corrected chi connectivity index (χ4v) is 5.16. The van der Waals surface area contributed by atoms with Gasteiger partial charge in [-0.2, -0.15) is 0 Å². The summed E-state index contributed by atoms with van der Waals surface area (Å²) in [5.41, 5.74) is 2.76. The van der Waals surface area contributed by atoms with E-state index in [4.69, 9.17) is 21.3 Å². The number of benzene rings is 2. The van der Waals surface area contributed by atoms with E-state index in [0.29, 0.717) is 41.5 Å². The lowest BCUT2D eigenvalue weighted by molar-refractivity contribution is -0.146. The molecule has 0 bridgehead atoms. The summed E-state index contributed by atoms with van der Waals surface area (Å²) >= 11 is 6.46. The predicted molar refractivity (Wildman–Crippen MR) is 163 cm³/mol. The molecule has 1 aliphatic carbocycles. The minimum absolute atomic E-state index is 0. The number of aliphatic hydroxyl groups excluding tert-OH is 1. The van der Waals surface area contributed by atoms with Crippen molar-refractivity contribution in [1.82, 2.24) is 15.2 Å². The van der Waals surface area contributed by atoms with Crippen molar-refractivity contribution in [2.75, 3.05) is 27.2 Å². The molecule has 220 valence electrons. The van der Waals surface area contributed by atoms with Gasteiger partial charge in [-0.1, -0.05) is 41.9 Å². The Balaban J connectivity index is 0.00000462. The second-order valence-corrected chi connectivity index (χ2v) is 11.0. The van der Waals surface area contributed by atoms with Crippen LogP contribution in [-0.2, 0) is 4.79 Å². The van der Waals surface area contributed by atoms with Crippen LogP contribution in [0.15, 0.2) is 54.6 Å². The van der Waals surface area contributed by atoms with Crippen molar-refractivity contribution in [3.63, 3.8) is 0 Å². The minimum atomic E-state index is -1.44. The number of aryl methyl sites for hydroxylation is 1. The van der Waals surface area contributed by atoms with Crippen molar-refractivity contribution in [1.29, 1.82) is 0 Å². The second-order valence-electron chi connectivity index (χ2n) is 10.6. The molecule has 0 unspecified atom stereocenters. The molecule has 0 atom stereocenters. The number of carboxylic acids is 1. The highest BCUT2D eigenvalue weighted by atomic mass is 35.5. The summed E-state index contributed by atoms with van der Waals surface area (Å²) in [5.74, 6) is -1.17. The maximum Gasteiger partial charge on any atom is 0.329 e. The molecule has 0 saturated heterocycles. The number of carbonyl (C=O) groups is 2. The fraction of sp³-hybridized carbons (Fsp3) is 0.387. The molecule has 0 aliphatic heterocycles. The van der Waals surface area contributed by atoms with Crippen LogP contribution < -0.4 is 10.1 Å². The SMILES string of the molecule is Cc1ccccc1-c1ccc(C(=O)N[C@]2(C(=O)O)CC[C@H](O)CC2)nc1-c1ccc(Cl)c(OCCCN(C)C)c1.Cl. The molecule has 3 N–H and O–H groups in total. The van der Waals surface area contributed by atoms with E-state index in [0.717, 1.165) is 29.7 Å². The van der Waals surface area contributed by atoms with Gasteiger partial charge in [0.05, 0.1) is 23.4 Å². The first-order valence-corrected chi connectivity index (χ1v) is 13.9. The van der Waals surface area contributed by atoms with Crippen molar-refractivity contribution in [3.8, 4) is 28.1 Å². The molecule has 1 saturated carbocycles. The van der Waals surface area contributed by atoms with Crippen molar-refractivity contribution in [2.24, 2.45) is 0 Å². The monoisotopic (exact) mass is 601 g/mol. The number of aromatic nitrogens is 1. The molecule has 1 heterocycles. The average Bonchev–Trinajstić information content (AvgIpc) is 2.93. The Bertz CT molecular complexity index is 1370. The van der Waals surface area contributed by atoms with Gasteiger partial charge in [-0.15, -0.1) is 12.4 Å². The molecule has 4 rings (SSSR count). The molecule has 0 spiro atoms. The molecule has 41 heavy (non-hydrogen) atoms. The Morgan fingerprint density at radius 2 is 1.80 bits per heavy atom. The van der Waals surface area contributed by atoms with Gasteiger partial charge < -0.3 is 25.2 Å². The maximum atomic E-state index is 13.4. The predicted octanol–water partition coefficient (Wildman–Crippen LogP) is 5.62. The molecule has 3 aromatic rings. The number of carboxylic acid groups (broad SMARTS) is 1. The first kappa shape index (κ1) is 32.3. The Labute approximate surface area is 252 Å². The highest BCUT2D eigenvalue weighted by Crippen LogP contribution is 2.37. The summed E-state index contributed by atoms with van der Waals surface area (Å²) < 4.78 is 5.99. The van der Waals surface area contributed by atoms with E-state index in [-0.39, 0.29) is 30.9 Å². The number of pyridine rings is 1. The zero-order valence-corrected chi connectivity index (χ0v) is 25.1. The summed E-state index contributed by atoms with van der Waals surface area (Å²) in [6, 6.07) is 16.8. The summed E-state index contributed by atoms with van der Waals surface area (Å²) in [5, 5.41) is 23.0. The molecule has 1 aromatic heterocycles. The van der Waals surface area contributed by atoms with Crippen LogP contribution in [0, 0.1) is 6.92 Å². The number of rotatable bonds is 10. The standard InChI is InChI=1S/C31H36ClN3O5.ClH/c1-20-7-4-5-8-23(20)24-10-12-26(29(37)34-31(30(38)39)15-13-22(36)14-16-31)33-28(24)21-9-11-25(32)27(19-21)40-18-6-17-35(2)3;/h4-5,7-12,19,22,36H,6,13-18H2,1-3H3,(H,34,37)(H,38,39);1H/t22-,31+;. The Morgan fingerprint density at radius 1 is 1.10 bits per heavy atom. The lowest BCUT2D eigenvalue weighted by Gasteiger charge is -2.35. The highest BCUT2D eigenvalue weighted by Gasteiger charge is 2.43. The number of aliphatic hydroxyl groups is 1. The Morgan fingerprint density at radius 3 is 2.46 bits per heavy atom. The van der Waals surface area contributed by atoms with E-state index >= 15 is 0 Å². The van der Waals surface area contributed by atoms with Crippen LogP contribution >= 0.6 is 24.0 Å². The number of hydrogen-bond acceptors (Lipinski definition) is 6. The topological polar surface area (TPSA) is 112 Å². The van der Waals surface area contributed by atoms with E-state index in [1.807, 2.05) is 63.5 Å². The minimum Gasteiger partial charge on any atom is -0.492 e. The van der Waals surface area contributed by atoms with Crippen LogP contribution in [0.5, 0.6) is 5.75 Å². The van der Waals surface area contributed by atoms with Crippen LogP contribution in [0.3, 0.4) is 0 Å². The van der Waals surface area contributed by atoms with Gasteiger partial charge in [-0.25, -0.2) is 9.78 Å². The first-order valence-electron chi connectivity index (χ1n) is 13.5. The number of aliphatic carboxylic acids is 1. The second kappa shape index (κ2) is 14.1. The van der Waals surface area contributed by atoms with Gasteiger partial charge in [-0.3, -0.25) is 4.79 Å². The van der Waals surface area contributed by atoms with E-state index in [9.17, 15) is 19.8 Å². The summed E-state index contributed by atoms with van der Waals surface area (Å²) in [6.45, 7) is 3.38. The molecule has 8 nitrogen and oxygen atoms in total. The quantitative estimate of drug-likeness (QED) is 0.259. The van der Waals surface area contributed by atoms with Gasteiger partial charge >= 0.3 is 5.97 Å². The van der Waals surface area contributed by atoms with Crippen LogP contribution in [0.2, 0.25) is 5.02 Å². The van der Waals surface area contributed by atoms with E-state index in [2.05, 4.69) is 10.2 Å². The van der Waals surface area contributed by atoms with Crippen LogP contribution in [-0.4, -0.2) is 70.9 Å². The van der Waals surface area contributed by atoms with Gasteiger partial charge in [0.2, 0.25) is 0 Å². The van der Waals surface area contributed by atoms with Crippen molar-refractivity contribution < 1.29 is 24.5 Å². The molecule has 2 aromatic carbocycles. The normalized spacial score (nSPS) is 18.4. The van der Waals surface area contributed by atoms with Crippen LogP contribution in [0.25, 0.3) is 22.4 Å². The van der Waals surface area contributed by atoms with Gasteiger partial charge in [0.25, 0.3) is 5.91 Å². The van der Waals surface area contributed by atoms with Crippen molar-refractivity contribution in [3.05, 3.63) is 70.9 Å². The maximum absolute atomic E-state index is 13.4. The molecule has 1 aliphatic rings. The molecular formula is C31H37Cl2N3O5. The van der Waals surface area contributed by atoms with Crippen LogP contribution in [0.4, 0.5) is 0 Å². The van der Waals surface area contributed by atoms with Crippen molar-refractivity contribution >= 4 is 35.9 Å². The van der Waals surface area contributed by atoms with Gasteiger partial charge in [0.1, 0.15) is 17.0 Å². The number of ether oxygens (including phenoxy) is 1. The summed E-state index contributed by atoms with van der Waals surface area (Å²) in [4.78, 5) is 32.4. The smallest absolute Gasteiger partial charge is 0.329 e. The number of halogens is 2. The summed E-state index contributed by atoms with van der Waals surface area (Å²) in [6.07, 6.45) is 1.17. The number of hydrogen-bond donors (Lipinski definition) is 3. The van der Waals surface area contributed by atoms with Crippen LogP contribution in [0.1, 0.15) is 48.2 Å². The molecule has 10 heteroatoms. The average molecular weight is 603 g/mol. The number of amides is 1. The number of nitrogens with zero attached hydrogens (tertiary/aromatic N) is 2. The molecular weight excluding hydrogens is 565 g/mol. The van der Waals surface area contributed by atoms with Gasteiger partial charge in [0.15, 0.2) is 0 Å². The lowest BCUT2D eigenvalue weighted by atomic mass is 9.80. The first-order chi connectivity index (χ1) is 19.1. The fourth-order valence-electron chi connectivity index (χ4n) is 4.99. The highest BCUT2D eigenvalue weighted by molar-refractivity contribution is 6.32.